The number of aliphatic hydroxyl groups excluding tert-OH is 1. The molecule has 1 atom stereocenters. The lowest BCUT2D eigenvalue weighted by Crippen LogP contribution is -2.21. The molecule has 0 aliphatic heterocycles. The average molecular weight is 244 g/mol. The zero-order chi connectivity index (χ0) is 12.8. The van der Waals surface area contributed by atoms with E-state index in [0.29, 0.717) is 0 Å². The van der Waals surface area contributed by atoms with E-state index in [9.17, 15) is 5.11 Å². The van der Waals surface area contributed by atoms with Gasteiger partial charge in [0, 0.05) is 23.8 Å². The third-order valence-corrected chi connectivity index (χ3v) is 4.33. The SMILES string of the molecule is CCn1nc(CC2(C(C)O)CC2)c2ccccc21. The third-order valence-electron chi connectivity index (χ3n) is 4.33. The molecule has 0 radical (unpaired) electrons. The minimum absolute atomic E-state index is 0.0930. The number of para-hydroxylation sites is 1. The molecule has 0 amide bonds. The highest BCUT2D eigenvalue weighted by Crippen LogP contribution is 2.51. The van der Waals surface area contributed by atoms with Gasteiger partial charge in [0.1, 0.15) is 0 Å². The number of hydrogen-bond donors (Lipinski definition) is 1. The topological polar surface area (TPSA) is 38.0 Å². The van der Waals surface area contributed by atoms with Crippen LogP contribution in [0.2, 0.25) is 0 Å². The van der Waals surface area contributed by atoms with Crippen LogP contribution in [0.4, 0.5) is 0 Å². The van der Waals surface area contributed by atoms with Crippen LogP contribution in [0.5, 0.6) is 0 Å². The lowest BCUT2D eigenvalue weighted by Gasteiger charge is -2.17. The van der Waals surface area contributed by atoms with E-state index in [0.717, 1.165) is 31.5 Å². The normalized spacial score (nSPS) is 19.1. The molecule has 1 aliphatic rings. The molecule has 3 heteroatoms. The minimum atomic E-state index is -0.233. The third kappa shape index (κ3) is 1.74. The number of aromatic nitrogens is 2. The second kappa shape index (κ2) is 4.09. The Morgan fingerprint density at radius 3 is 2.72 bits per heavy atom. The van der Waals surface area contributed by atoms with Crippen molar-refractivity contribution in [1.82, 2.24) is 9.78 Å². The molecule has 1 fully saturated rings. The first kappa shape index (κ1) is 11.7. The summed E-state index contributed by atoms with van der Waals surface area (Å²) in [7, 11) is 0. The van der Waals surface area contributed by atoms with Crippen LogP contribution < -0.4 is 0 Å². The van der Waals surface area contributed by atoms with E-state index in [1.807, 2.05) is 6.92 Å². The molecule has 1 aliphatic carbocycles. The Kier molecular flexibility index (Phi) is 2.67. The summed E-state index contributed by atoms with van der Waals surface area (Å²) in [5.74, 6) is 0. The van der Waals surface area contributed by atoms with Crippen LogP contribution in [0.3, 0.4) is 0 Å². The number of benzene rings is 1. The molecule has 18 heavy (non-hydrogen) atoms. The van der Waals surface area contributed by atoms with Crippen molar-refractivity contribution in [2.45, 2.75) is 45.8 Å². The maximum Gasteiger partial charge on any atom is 0.0709 e. The van der Waals surface area contributed by atoms with E-state index in [1.54, 1.807) is 0 Å². The summed E-state index contributed by atoms with van der Waals surface area (Å²) in [6.07, 6.45) is 2.91. The van der Waals surface area contributed by atoms with Crippen LogP contribution in [0.25, 0.3) is 10.9 Å². The smallest absolute Gasteiger partial charge is 0.0709 e. The van der Waals surface area contributed by atoms with Gasteiger partial charge in [-0.25, -0.2) is 0 Å². The zero-order valence-corrected chi connectivity index (χ0v) is 11.1. The van der Waals surface area contributed by atoms with Crippen molar-refractivity contribution in [3.8, 4) is 0 Å². The van der Waals surface area contributed by atoms with Crippen LogP contribution in [0.1, 0.15) is 32.4 Å². The molecule has 1 saturated carbocycles. The molecule has 1 aromatic heterocycles. The Morgan fingerprint density at radius 2 is 2.11 bits per heavy atom. The first-order valence-electron chi connectivity index (χ1n) is 6.79. The monoisotopic (exact) mass is 244 g/mol. The largest absolute Gasteiger partial charge is 0.393 e. The van der Waals surface area contributed by atoms with Crippen LogP contribution >= 0.6 is 0 Å². The van der Waals surface area contributed by atoms with Gasteiger partial charge in [0.05, 0.1) is 17.3 Å². The van der Waals surface area contributed by atoms with Gasteiger partial charge in [-0.1, -0.05) is 18.2 Å². The Labute approximate surface area is 107 Å². The average Bonchev–Trinajstić information content (AvgIpc) is 3.07. The maximum atomic E-state index is 9.91. The number of hydrogen-bond acceptors (Lipinski definition) is 2. The predicted octanol–water partition coefficient (Wildman–Crippen LogP) is 2.76. The summed E-state index contributed by atoms with van der Waals surface area (Å²) in [5, 5.41) is 15.9. The molecule has 3 rings (SSSR count). The fraction of sp³-hybridized carbons (Fsp3) is 0.533. The van der Waals surface area contributed by atoms with Gasteiger partial charge in [-0.05, 0) is 32.8 Å². The summed E-state index contributed by atoms with van der Waals surface area (Å²) in [6.45, 7) is 4.92. The summed E-state index contributed by atoms with van der Waals surface area (Å²) in [5.41, 5.74) is 2.44. The van der Waals surface area contributed by atoms with Gasteiger partial charge in [0.2, 0.25) is 0 Å². The number of rotatable bonds is 4. The van der Waals surface area contributed by atoms with Gasteiger partial charge in [-0.3, -0.25) is 4.68 Å². The van der Waals surface area contributed by atoms with Crippen LogP contribution in [0, 0.1) is 5.41 Å². The molecule has 1 aromatic carbocycles. The number of nitrogens with zero attached hydrogens (tertiary/aromatic N) is 2. The van der Waals surface area contributed by atoms with E-state index >= 15 is 0 Å². The summed E-state index contributed by atoms with van der Waals surface area (Å²) in [4.78, 5) is 0. The van der Waals surface area contributed by atoms with Crippen molar-refractivity contribution in [1.29, 1.82) is 0 Å². The van der Waals surface area contributed by atoms with Crippen molar-refractivity contribution in [2.75, 3.05) is 0 Å². The molecule has 96 valence electrons. The second-order valence-corrected chi connectivity index (χ2v) is 5.49. The second-order valence-electron chi connectivity index (χ2n) is 5.49. The zero-order valence-electron chi connectivity index (χ0n) is 11.1. The first-order chi connectivity index (χ1) is 8.66. The van der Waals surface area contributed by atoms with Crippen LogP contribution in [0.15, 0.2) is 24.3 Å². The predicted molar refractivity (Wildman–Crippen MR) is 72.5 cm³/mol. The van der Waals surface area contributed by atoms with Crippen molar-refractivity contribution in [3.63, 3.8) is 0 Å². The lowest BCUT2D eigenvalue weighted by molar-refractivity contribution is 0.110. The molecule has 1 heterocycles. The van der Waals surface area contributed by atoms with Gasteiger partial charge in [-0.2, -0.15) is 5.10 Å². The first-order valence-corrected chi connectivity index (χ1v) is 6.79. The molecule has 1 N–H and O–H groups in total. The number of aliphatic hydroxyl groups is 1. The molecule has 1 unspecified atom stereocenters. The highest BCUT2D eigenvalue weighted by molar-refractivity contribution is 5.82. The quantitative estimate of drug-likeness (QED) is 0.898. The standard InChI is InChI=1S/C15H20N2O/c1-3-17-14-7-5-4-6-12(14)13(16-17)10-15(8-9-15)11(2)18/h4-7,11,18H,3,8-10H2,1-2H3. The summed E-state index contributed by atoms with van der Waals surface area (Å²) < 4.78 is 2.06. The van der Waals surface area contributed by atoms with E-state index in [4.69, 9.17) is 5.10 Å². The van der Waals surface area contributed by atoms with Gasteiger partial charge in [0.25, 0.3) is 0 Å². The fourth-order valence-electron chi connectivity index (χ4n) is 2.80. The molecule has 2 aromatic rings. The van der Waals surface area contributed by atoms with Gasteiger partial charge in [0.15, 0.2) is 0 Å². The van der Waals surface area contributed by atoms with E-state index < -0.39 is 0 Å². The van der Waals surface area contributed by atoms with Crippen LogP contribution in [-0.4, -0.2) is 21.0 Å². The van der Waals surface area contributed by atoms with E-state index in [2.05, 4.69) is 35.9 Å². The Morgan fingerprint density at radius 1 is 1.39 bits per heavy atom. The lowest BCUT2D eigenvalue weighted by atomic mass is 9.93. The number of aryl methyl sites for hydroxylation is 1. The Hall–Kier alpha value is -1.35. The van der Waals surface area contributed by atoms with Crippen molar-refractivity contribution in [2.24, 2.45) is 5.41 Å². The van der Waals surface area contributed by atoms with Gasteiger partial charge < -0.3 is 5.11 Å². The highest BCUT2D eigenvalue weighted by Gasteiger charge is 2.47. The van der Waals surface area contributed by atoms with Gasteiger partial charge >= 0.3 is 0 Å². The number of fused-ring (bicyclic) bond motifs is 1. The Bertz CT molecular complexity index is 567. The molecular weight excluding hydrogens is 224 g/mol. The molecule has 3 nitrogen and oxygen atoms in total. The van der Waals surface area contributed by atoms with E-state index in [-0.39, 0.29) is 11.5 Å². The molecule has 0 bridgehead atoms. The molecular formula is C15H20N2O. The van der Waals surface area contributed by atoms with Crippen LogP contribution in [-0.2, 0) is 13.0 Å². The minimum Gasteiger partial charge on any atom is -0.393 e. The highest BCUT2D eigenvalue weighted by atomic mass is 16.3. The molecule has 0 saturated heterocycles. The fourth-order valence-corrected chi connectivity index (χ4v) is 2.80. The van der Waals surface area contributed by atoms with Crippen molar-refractivity contribution >= 4 is 10.9 Å². The van der Waals surface area contributed by atoms with Crippen molar-refractivity contribution < 1.29 is 5.11 Å². The Balaban J connectivity index is 2.02. The maximum absolute atomic E-state index is 9.91. The van der Waals surface area contributed by atoms with Crippen molar-refractivity contribution in [3.05, 3.63) is 30.0 Å². The summed E-state index contributed by atoms with van der Waals surface area (Å²) in [6, 6.07) is 8.39. The van der Waals surface area contributed by atoms with Gasteiger partial charge in [-0.15, -0.1) is 0 Å². The summed E-state index contributed by atoms with van der Waals surface area (Å²) >= 11 is 0. The van der Waals surface area contributed by atoms with E-state index in [1.165, 1.54) is 10.9 Å². The molecule has 0 spiro atoms.